The van der Waals surface area contributed by atoms with Gasteiger partial charge in [0, 0.05) is 58.3 Å². The molecule has 15 nitrogen and oxygen atoms in total. The first-order chi connectivity index (χ1) is 48.8. The number of aliphatic hydroxyl groups is 3. The monoisotopic (exact) mass is 1530 g/mol. The highest BCUT2D eigenvalue weighted by Gasteiger charge is 2.65. The lowest BCUT2D eigenvalue weighted by molar-refractivity contribution is -0.151. The number of pyridine rings is 3. The summed E-state index contributed by atoms with van der Waals surface area (Å²) in [6.45, 7) is 21.4. The van der Waals surface area contributed by atoms with Crippen LogP contribution in [0, 0.1) is 139 Å². The zero-order valence-electron chi connectivity index (χ0n) is 62.7. The molecule has 584 valence electrons. The van der Waals surface area contributed by atoms with E-state index in [0.717, 1.165) is 142 Å². The third kappa shape index (κ3) is 14.2. The van der Waals surface area contributed by atoms with E-state index < -0.39 is 34.6 Å². The minimum atomic E-state index is -0.522. The molecule has 4 N–H and O–H groups in total. The number of halogens is 4. The van der Waals surface area contributed by atoms with E-state index in [1.165, 1.54) is 114 Å². The number of nitrogens with one attached hydrogen (secondary N) is 1. The van der Waals surface area contributed by atoms with E-state index >= 15 is 0 Å². The van der Waals surface area contributed by atoms with Crippen molar-refractivity contribution in [2.45, 2.75) is 288 Å². The fraction of sp³-hybridized carbons (Fsp3) is 0.759. The highest BCUT2D eigenvalue weighted by atomic mass is 79.9. The summed E-state index contributed by atoms with van der Waals surface area (Å²) in [4.78, 5) is 50.6. The first-order valence-electron chi connectivity index (χ1n) is 40.0. The minimum Gasteiger partial charge on any atom is -0.390 e. The van der Waals surface area contributed by atoms with Gasteiger partial charge in [-0.2, -0.15) is 28.5 Å². The van der Waals surface area contributed by atoms with Gasteiger partial charge < -0.3 is 15.3 Å². The number of carbonyl (C=O) groups excluding carboxylic acids is 3. The highest BCUT2D eigenvalue weighted by molar-refractivity contribution is 9.09. The van der Waals surface area contributed by atoms with Crippen LogP contribution in [0.5, 0.6) is 0 Å². The second-order valence-electron chi connectivity index (χ2n) is 38.4. The molecule has 12 saturated carbocycles. The molecular formula is C87H127BrF3N9O6. The molecule has 0 spiro atoms. The van der Waals surface area contributed by atoms with E-state index in [1.807, 2.05) is 20.8 Å². The van der Waals surface area contributed by atoms with Crippen LogP contribution in [0.3, 0.4) is 0 Å². The molecule has 6 aromatic heterocycles. The van der Waals surface area contributed by atoms with Crippen LogP contribution in [0.15, 0.2) is 55.4 Å². The first-order valence-corrected chi connectivity index (χ1v) is 41.1. The van der Waals surface area contributed by atoms with Crippen LogP contribution >= 0.6 is 15.9 Å². The highest BCUT2D eigenvalue weighted by Crippen LogP contribution is 2.72. The smallest absolute Gasteiger partial charge is 0.213 e. The number of rotatable bonds is 8. The minimum absolute atomic E-state index is 0. The van der Waals surface area contributed by atoms with Crippen molar-refractivity contribution in [2.24, 2.45) is 121 Å². The number of aromatic nitrogens is 9. The third-order valence-corrected chi connectivity index (χ3v) is 33.5. The number of fused-ring (bicyclic) bond motifs is 18. The molecule has 0 bridgehead atoms. The average Bonchev–Trinajstić information content (AvgIpc) is 1.30. The van der Waals surface area contributed by atoms with Gasteiger partial charge >= 0.3 is 0 Å². The molecule has 12 aliphatic rings. The molecule has 6 heterocycles. The summed E-state index contributed by atoms with van der Waals surface area (Å²) in [5, 5.41) is 49.9. The van der Waals surface area contributed by atoms with Crippen molar-refractivity contribution in [1.82, 2.24) is 44.7 Å². The van der Waals surface area contributed by atoms with Gasteiger partial charge in [-0.05, 0) is 298 Å². The van der Waals surface area contributed by atoms with Gasteiger partial charge in [0.25, 0.3) is 0 Å². The summed E-state index contributed by atoms with van der Waals surface area (Å²) >= 11 is 3.43. The number of Topliss-reactive ketones (excluding diaryl/α,β-unsaturated/α-hetero) is 3. The Balaban J connectivity index is 0.000000139. The number of carbonyl (C=O) groups is 3. The van der Waals surface area contributed by atoms with Crippen LogP contribution in [-0.4, -0.2) is 99.5 Å². The quantitative estimate of drug-likeness (QED) is 0.0827. The topological polar surface area (TPSA) is 215 Å². The van der Waals surface area contributed by atoms with Gasteiger partial charge in [-0.3, -0.25) is 28.8 Å². The summed E-state index contributed by atoms with van der Waals surface area (Å²) < 4.78 is 42.7. The number of H-pyrrole nitrogens is 1. The van der Waals surface area contributed by atoms with Crippen molar-refractivity contribution in [3.05, 3.63) is 73.2 Å². The van der Waals surface area contributed by atoms with Gasteiger partial charge in [-0.1, -0.05) is 79.8 Å². The zero-order valence-corrected chi connectivity index (χ0v) is 64.3. The molecule has 0 saturated heterocycles. The Labute approximate surface area is 637 Å². The molecule has 12 aliphatic carbocycles. The van der Waals surface area contributed by atoms with E-state index in [0.29, 0.717) is 85.1 Å². The molecule has 0 amide bonds. The Morgan fingerprint density at radius 2 is 0.849 bits per heavy atom. The molecule has 19 heteroatoms. The molecule has 0 unspecified atom stereocenters. The molecule has 12 fully saturated rings. The van der Waals surface area contributed by atoms with Crippen molar-refractivity contribution in [1.29, 1.82) is 0 Å². The molecule has 0 aromatic carbocycles. The first kappa shape index (κ1) is 80.5. The average molecular weight is 1530 g/mol. The number of nitrogens with zero attached hydrogens (tertiary/aromatic N) is 8. The molecule has 0 radical (unpaired) electrons. The molecule has 0 aliphatic heterocycles. The lowest BCUT2D eigenvalue weighted by atomic mass is 9.44. The summed E-state index contributed by atoms with van der Waals surface area (Å²) in [7, 11) is 0. The number of ketones is 3. The maximum Gasteiger partial charge on any atom is 0.213 e. The van der Waals surface area contributed by atoms with Crippen molar-refractivity contribution in [3.63, 3.8) is 0 Å². The number of hydrogen-bond donors (Lipinski definition) is 4. The fourth-order valence-corrected chi connectivity index (χ4v) is 27.8. The Kier molecular flexibility index (Phi) is 22.5. The fourth-order valence-electron chi connectivity index (χ4n) is 27.4. The summed E-state index contributed by atoms with van der Waals surface area (Å²) in [6, 6.07) is 4.08. The van der Waals surface area contributed by atoms with Crippen molar-refractivity contribution in [3.8, 4) is 0 Å². The van der Waals surface area contributed by atoms with Crippen LogP contribution in [0.1, 0.15) is 258 Å². The Bertz CT molecular complexity index is 4170. The number of aromatic amines is 1. The van der Waals surface area contributed by atoms with Crippen molar-refractivity contribution < 1.29 is 42.9 Å². The second kappa shape index (κ2) is 29.6. The lowest BCUT2D eigenvalue weighted by Gasteiger charge is -2.61. The Morgan fingerprint density at radius 3 is 1.30 bits per heavy atom. The normalized spacial score (nSPS) is 42.1. The molecule has 18 rings (SSSR count). The van der Waals surface area contributed by atoms with Gasteiger partial charge in [0.2, 0.25) is 17.8 Å². The van der Waals surface area contributed by atoms with Crippen LogP contribution in [0.25, 0.3) is 32.7 Å². The van der Waals surface area contributed by atoms with E-state index in [1.54, 1.807) is 28.0 Å². The Morgan fingerprint density at radius 1 is 0.453 bits per heavy atom. The van der Waals surface area contributed by atoms with Crippen molar-refractivity contribution in [2.75, 3.05) is 5.33 Å². The van der Waals surface area contributed by atoms with E-state index in [4.69, 9.17) is 0 Å². The van der Waals surface area contributed by atoms with Gasteiger partial charge in [0.05, 0.1) is 70.7 Å². The van der Waals surface area contributed by atoms with E-state index in [9.17, 15) is 42.9 Å². The van der Waals surface area contributed by atoms with Crippen molar-refractivity contribution >= 4 is 66.0 Å². The Hall–Kier alpha value is -4.98. The molecule has 6 aromatic rings. The number of hydrogen-bond acceptors (Lipinski definition) is 12. The maximum absolute atomic E-state index is 13.6. The molecule has 106 heavy (non-hydrogen) atoms. The second-order valence-corrected chi connectivity index (χ2v) is 38.9. The van der Waals surface area contributed by atoms with E-state index in [-0.39, 0.29) is 80.9 Å². The summed E-state index contributed by atoms with van der Waals surface area (Å²) in [6.07, 6.45) is 39.9. The number of alkyl halides is 1. The van der Waals surface area contributed by atoms with Gasteiger partial charge in [0.15, 0.2) is 11.6 Å². The standard InChI is InChI=1S/2C28H38FN3O2.C22H35BrO2.C6H4FN3.3CH4/c1-26(34)10-11-27(2)18(13-26)4-5-19-20-6-7-22(28(20,3)9-8-21(19)27)24(33)16-32-15-17-12-25(29)30-14-23(17)31-32;1-26(34)10-11-27(2)18(13-26)4-5-19-20-6-7-22(28(20,3)9-8-21(19)27)24(33)16-32-23-15-30-25(29)12-17(23)14-31-32;1-20(25)10-11-21(2)14(12-20)4-5-15-16-6-7-18(19(24)13-23)22(16,3)9-8-17(15)21;7-6-1-4-2-9-10-5(4)3-8-6;;;/h2*12,14-15,18-22,34H,4-11,13,16H2,1-3H3;14-18,25H,4-13H2,1-3H3;1-3H,(H,9,10);3*1H4/t2*18-,19-,20-,21-,22+,26+,27-,28-;14-,15-,16-,17-,18+,20+,21-,22-;;;;/m000..../s1. The SMILES string of the molecule is C.C.C.C[C@@]1(O)CC[C@@]2(C)[C@@H](CC[C@@H]3[C@@H]2CC[C@]2(C)[C@@H](C(=O)CBr)CC[C@@H]32)C1.C[C@@]1(O)CC[C@@]2(C)[C@@H](CC[C@@H]3[C@@H]2CC[C@]2(C)[C@@H](C(=O)Cn4cc5cc(F)ncc5n4)CC[C@@H]32)C1.C[C@@]1(O)CC[C@@]2(C)[C@@H](CC[C@@H]3[C@@H]2CC[C@]2(C)[C@@H](C(=O)Cn4ncc5cc(F)ncc54)CC[C@@H]32)C1.Fc1cc2cn[nH]c2cn1. The molecular weight excluding hydrogens is 1400 g/mol. The van der Waals surface area contributed by atoms with Crippen LogP contribution < -0.4 is 0 Å². The predicted molar refractivity (Wildman–Crippen MR) is 415 cm³/mol. The van der Waals surface area contributed by atoms with Gasteiger partial charge in [-0.25, -0.2) is 15.0 Å². The lowest BCUT2D eigenvalue weighted by Crippen LogP contribution is -2.55. The van der Waals surface area contributed by atoms with Gasteiger partial charge in [0.1, 0.15) is 17.8 Å². The summed E-state index contributed by atoms with van der Waals surface area (Å²) in [5.41, 5.74) is 2.14. The predicted octanol–water partition coefficient (Wildman–Crippen LogP) is 19.5. The molecule has 24 atom stereocenters. The third-order valence-electron chi connectivity index (χ3n) is 33.0. The van der Waals surface area contributed by atoms with Crippen LogP contribution in [0.4, 0.5) is 13.2 Å². The zero-order chi connectivity index (χ0) is 72.8. The summed E-state index contributed by atoms with van der Waals surface area (Å²) in [5.74, 6) is 8.36. The van der Waals surface area contributed by atoms with Gasteiger partial charge in [-0.15, -0.1) is 0 Å². The maximum atomic E-state index is 13.6. The van der Waals surface area contributed by atoms with Crippen LogP contribution in [0.2, 0.25) is 0 Å². The largest absolute Gasteiger partial charge is 0.390 e. The van der Waals surface area contributed by atoms with Crippen LogP contribution in [-0.2, 0) is 27.5 Å². The van der Waals surface area contributed by atoms with E-state index in [2.05, 4.69) is 92.8 Å².